The monoisotopic (exact) mass is 265 g/mol. The van der Waals surface area contributed by atoms with Crippen LogP contribution in [0.3, 0.4) is 0 Å². The van der Waals surface area contributed by atoms with Crippen molar-refractivity contribution in [2.75, 3.05) is 40.8 Å². The molecule has 0 aliphatic carbocycles. The highest BCUT2D eigenvalue weighted by atomic mass is 32.1. The van der Waals surface area contributed by atoms with Crippen molar-refractivity contribution in [2.24, 2.45) is 5.73 Å². The Morgan fingerprint density at radius 1 is 1.22 bits per heavy atom. The molecule has 0 aliphatic heterocycles. The summed E-state index contributed by atoms with van der Waals surface area (Å²) in [6.07, 6.45) is 1.20. The van der Waals surface area contributed by atoms with Crippen molar-refractivity contribution in [3.8, 4) is 11.8 Å². The van der Waals surface area contributed by atoms with Gasteiger partial charge in [-0.05, 0) is 52.8 Å². The molecule has 2 N–H and O–H groups in total. The zero-order chi connectivity index (χ0) is 13.4. The van der Waals surface area contributed by atoms with E-state index in [9.17, 15) is 0 Å². The summed E-state index contributed by atoms with van der Waals surface area (Å²) in [4.78, 5) is 7.05. The molecule has 0 aromatic carbocycles. The maximum absolute atomic E-state index is 5.36. The van der Waals surface area contributed by atoms with Crippen LogP contribution in [0.5, 0.6) is 0 Å². The molecule has 0 amide bonds. The molecule has 0 saturated carbocycles. The highest BCUT2D eigenvalue weighted by Crippen LogP contribution is 2.16. The van der Waals surface area contributed by atoms with Gasteiger partial charge in [-0.2, -0.15) is 0 Å². The maximum atomic E-state index is 5.36. The second kappa shape index (κ2) is 8.28. The first kappa shape index (κ1) is 15.2. The fourth-order valence-corrected chi connectivity index (χ4v) is 2.63. The highest BCUT2D eigenvalue weighted by Gasteiger charge is 2.03. The Balaban J connectivity index is 2.35. The standard InChI is InChI=1S/C14H23N3S/c1-16(2)10-5-11-17(3)12-14-8-7-13(18-14)6-4-9-15/h7-8H,5,9-12,15H2,1-3H3. The molecule has 18 heavy (non-hydrogen) atoms. The van der Waals surface area contributed by atoms with Crippen molar-refractivity contribution in [3.05, 3.63) is 21.9 Å². The molecule has 0 atom stereocenters. The van der Waals surface area contributed by atoms with Crippen LogP contribution in [0.2, 0.25) is 0 Å². The van der Waals surface area contributed by atoms with Crippen molar-refractivity contribution in [1.29, 1.82) is 0 Å². The van der Waals surface area contributed by atoms with Gasteiger partial charge in [-0.25, -0.2) is 0 Å². The van der Waals surface area contributed by atoms with Gasteiger partial charge in [-0.15, -0.1) is 11.3 Å². The lowest BCUT2D eigenvalue weighted by Gasteiger charge is -2.17. The smallest absolute Gasteiger partial charge is 0.0772 e. The maximum Gasteiger partial charge on any atom is 0.0772 e. The van der Waals surface area contributed by atoms with Crippen LogP contribution >= 0.6 is 11.3 Å². The summed E-state index contributed by atoms with van der Waals surface area (Å²) in [5.41, 5.74) is 5.36. The van der Waals surface area contributed by atoms with Crippen LogP contribution in [0.15, 0.2) is 12.1 Å². The Bertz CT molecular complexity index is 401. The van der Waals surface area contributed by atoms with E-state index < -0.39 is 0 Å². The SMILES string of the molecule is CN(C)CCCN(C)Cc1ccc(C#CCN)s1. The van der Waals surface area contributed by atoms with E-state index in [1.54, 1.807) is 11.3 Å². The molecule has 1 heterocycles. The number of rotatable bonds is 6. The van der Waals surface area contributed by atoms with Crippen molar-refractivity contribution >= 4 is 11.3 Å². The van der Waals surface area contributed by atoms with Gasteiger partial charge in [-0.3, -0.25) is 0 Å². The van der Waals surface area contributed by atoms with E-state index in [4.69, 9.17) is 5.73 Å². The van der Waals surface area contributed by atoms with Crippen LogP contribution in [0.1, 0.15) is 16.2 Å². The van der Waals surface area contributed by atoms with Gasteiger partial charge >= 0.3 is 0 Å². The van der Waals surface area contributed by atoms with E-state index in [1.165, 1.54) is 11.3 Å². The third-order valence-corrected chi connectivity index (χ3v) is 3.53. The normalized spacial score (nSPS) is 10.8. The predicted molar refractivity (Wildman–Crippen MR) is 79.8 cm³/mol. The first-order valence-corrected chi connectivity index (χ1v) is 7.04. The van der Waals surface area contributed by atoms with E-state index in [-0.39, 0.29) is 0 Å². The Hall–Kier alpha value is -0.860. The number of thiophene rings is 1. The lowest BCUT2D eigenvalue weighted by molar-refractivity contribution is 0.296. The highest BCUT2D eigenvalue weighted by molar-refractivity contribution is 7.12. The zero-order valence-electron chi connectivity index (χ0n) is 11.6. The van der Waals surface area contributed by atoms with Gasteiger partial charge in [0, 0.05) is 11.4 Å². The van der Waals surface area contributed by atoms with E-state index >= 15 is 0 Å². The van der Waals surface area contributed by atoms with Crippen LogP contribution < -0.4 is 5.73 Å². The molecule has 1 rings (SSSR count). The van der Waals surface area contributed by atoms with Gasteiger partial charge in [-0.1, -0.05) is 11.8 Å². The van der Waals surface area contributed by atoms with Crippen LogP contribution in [-0.4, -0.2) is 50.6 Å². The summed E-state index contributed by atoms with van der Waals surface area (Å²) in [5.74, 6) is 5.96. The van der Waals surface area contributed by atoms with Crippen molar-refractivity contribution in [1.82, 2.24) is 9.80 Å². The van der Waals surface area contributed by atoms with Crippen LogP contribution in [0.25, 0.3) is 0 Å². The largest absolute Gasteiger partial charge is 0.320 e. The molecule has 0 unspecified atom stereocenters. The molecule has 0 spiro atoms. The topological polar surface area (TPSA) is 32.5 Å². The van der Waals surface area contributed by atoms with E-state index in [0.29, 0.717) is 6.54 Å². The summed E-state index contributed by atoms with van der Waals surface area (Å²) >= 11 is 1.76. The lowest BCUT2D eigenvalue weighted by atomic mass is 10.3. The third-order valence-electron chi connectivity index (χ3n) is 2.55. The average molecular weight is 265 g/mol. The Morgan fingerprint density at radius 3 is 2.67 bits per heavy atom. The fraction of sp³-hybridized carbons (Fsp3) is 0.571. The third kappa shape index (κ3) is 6.18. The molecule has 100 valence electrons. The molecule has 1 aromatic rings. The molecule has 0 radical (unpaired) electrons. The number of hydrogen-bond donors (Lipinski definition) is 1. The minimum absolute atomic E-state index is 0.428. The minimum Gasteiger partial charge on any atom is -0.320 e. The molecular formula is C14H23N3S. The molecule has 3 nitrogen and oxygen atoms in total. The Kier molecular flexibility index (Phi) is 6.99. The van der Waals surface area contributed by atoms with Crippen molar-refractivity contribution in [2.45, 2.75) is 13.0 Å². The van der Waals surface area contributed by atoms with Crippen molar-refractivity contribution in [3.63, 3.8) is 0 Å². The van der Waals surface area contributed by atoms with Gasteiger partial charge in [0.25, 0.3) is 0 Å². The zero-order valence-corrected chi connectivity index (χ0v) is 12.4. The molecule has 1 aromatic heterocycles. The van der Waals surface area contributed by atoms with Gasteiger partial charge in [0.1, 0.15) is 0 Å². The van der Waals surface area contributed by atoms with Crippen molar-refractivity contribution < 1.29 is 0 Å². The van der Waals surface area contributed by atoms with E-state index in [0.717, 1.165) is 24.5 Å². The van der Waals surface area contributed by atoms with E-state index in [2.05, 4.69) is 54.9 Å². The number of hydrogen-bond acceptors (Lipinski definition) is 4. The minimum atomic E-state index is 0.428. The summed E-state index contributed by atoms with van der Waals surface area (Å²) in [6.45, 7) is 3.70. The van der Waals surface area contributed by atoms with Gasteiger partial charge < -0.3 is 15.5 Å². The number of nitrogens with two attached hydrogens (primary N) is 1. The second-order valence-electron chi connectivity index (χ2n) is 4.67. The van der Waals surface area contributed by atoms with Crippen LogP contribution in [0, 0.1) is 11.8 Å². The van der Waals surface area contributed by atoms with Gasteiger partial charge in [0.15, 0.2) is 0 Å². The summed E-state index contributed by atoms with van der Waals surface area (Å²) in [6, 6.07) is 4.24. The predicted octanol–water partition coefficient (Wildman–Crippen LogP) is 1.44. The van der Waals surface area contributed by atoms with Crippen LogP contribution in [-0.2, 0) is 6.54 Å². The molecular weight excluding hydrogens is 242 g/mol. The first-order valence-electron chi connectivity index (χ1n) is 6.22. The summed E-state index contributed by atoms with van der Waals surface area (Å²) in [5, 5.41) is 0. The summed E-state index contributed by atoms with van der Waals surface area (Å²) in [7, 11) is 6.39. The molecule has 0 bridgehead atoms. The van der Waals surface area contributed by atoms with Crippen LogP contribution in [0.4, 0.5) is 0 Å². The fourth-order valence-electron chi connectivity index (χ4n) is 1.67. The van der Waals surface area contributed by atoms with Gasteiger partial charge in [0.05, 0.1) is 11.4 Å². The molecule has 0 saturated heterocycles. The van der Waals surface area contributed by atoms with E-state index in [1.807, 2.05) is 0 Å². The quantitative estimate of drug-likeness (QED) is 0.790. The molecule has 0 fully saturated rings. The Labute approximate surface area is 115 Å². The number of nitrogens with zero attached hydrogens (tertiary/aromatic N) is 2. The average Bonchev–Trinajstić information content (AvgIpc) is 2.73. The Morgan fingerprint density at radius 2 is 2.00 bits per heavy atom. The molecule has 4 heteroatoms. The first-order chi connectivity index (χ1) is 8.61. The lowest BCUT2D eigenvalue weighted by Crippen LogP contribution is -2.23. The van der Waals surface area contributed by atoms with Gasteiger partial charge in [0.2, 0.25) is 0 Å². The second-order valence-corrected chi connectivity index (χ2v) is 5.83. The summed E-state index contributed by atoms with van der Waals surface area (Å²) < 4.78 is 0. The molecule has 0 aliphatic rings.